The summed E-state index contributed by atoms with van der Waals surface area (Å²) in [6.07, 6.45) is -4.52. The highest BCUT2D eigenvalue weighted by atomic mass is 127. The van der Waals surface area contributed by atoms with Crippen LogP contribution in [-0.2, 0) is 6.18 Å². The van der Waals surface area contributed by atoms with Crippen molar-refractivity contribution in [3.8, 4) is 5.75 Å². The van der Waals surface area contributed by atoms with Crippen LogP contribution < -0.4 is 0 Å². The van der Waals surface area contributed by atoms with Crippen LogP contribution in [0.5, 0.6) is 5.75 Å². The first-order valence-electron chi connectivity index (χ1n) is 3.07. The first-order valence-corrected chi connectivity index (χ1v) is 4.94. The first-order chi connectivity index (χ1) is 5.82. The SMILES string of the molecule is Oc1c(I)cc(Br)cc1C(F)(F)F. The van der Waals surface area contributed by atoms with Gasteiger partial charge in [0.15, 0.2) is 0 Å². The zero-order valence-corrected chi connectivity index (χ0v) is 9.74. The van der Waals surface area contributed by atoms with Crippen LogP contribution in [0.4, 0.5) is 13.2 Å². The molecule has 1 rings (SSSR count). The van der Waals surface area contributed by atoms with Gasteiger partial charge in [0.05, 0.1) is 9.13 Å². The Balaban J connectivity index is 3.37. The Morgan fingerprint density at radius 1 is 1.31 bits per heavy atom. The average Bonchev–Trinajstić information content (AvgIpc) is 1.94. The van der Waals surface area contributed by atoms with Crippen molar-refractivity contribution >= 4 is 38.5 Å². The van der Waals surface area contributed by atoms with Gasteiger partial charge in [0, 0.05) is 4.47 Å². The number of phenolic OH excluding ortho intramolecular Hbond substituents is 1. The molecular weight excluding hydrogens is 364 g/mol. The maximum Gasteiger partial charge on any atom is 0.420 e. The fourth-order valence-corrected chi connectivity index (χ4v) is 2.29. The van der Waals surface area contributed by atoms with E-state index in [1.54, 1.807) is 22.6 Å². The predicted molar refractivity (Wildman–Crippen MR) is 53.5 cm³/mol. The largest absolute Gasteiger partial charge is 0.506 e. The van der Waals surface area contributed by atoms with Crippen molar-refractivity contribution < 1.29 is 18.3 Å². The van der Waals surface area contributed by atoms with Gasteiger partial charge >= 0.3 is 6.18 Å². The second-order valence-corrected chi connectivity index (χ2v) is 4.36. The minimum absolute atomic E-state index is 0.166. The number of benzene rings is 1. The van der Waals surface area contributed by atoms with Crippen LogP contribution in [0.1, 0.15) is 5.56 Å². The summed E-state index contributed by atoms with van der Waals surface area (Å²) >= 11 is 4.56. The van der Waals surface area contributed by atoms with Gasteiger partial charge in [-0.25, -0.2) is 0 Å². The van der Waals surface area contributed by atoms with Gasteiger partial charge in [0.25, 0.3) is 0 Å². The van der Waals surface area contributed by atoms with E-state index in [1.807, 2.05) is 0 Å². The summed E-state index contributed by atoms with van der Waals surface area (Å²) in [5.74, 6) is -0.726. The Labute approximate surface area is 94.2 Å². The van der Waals surface area contributed by atoms with E-state index in [0.717, 1.165) is 6.07 Å². The minimum Gasteiger partial charge on any atom is -0.506 e. The molecule has 0 saturated carbocycles. The molecule has 0 aromatic heterocycles. The normalized spacial score (nSPS) is 11.8. The Kier molecular flexibility index (Phi) is 3.11. The van der Waals surface area contributed by atoms with E-state index in [2.05, 4.69) is 15.9 Å². The van der Waals surface area contributed by atoms with Crippen molar-refractivity contribution in [1.29, 1.82) is 0 Å². The number of rotatable bonds is 0. The van der Waals surface area contributed by atoms with E-state index < -0.39 is 17.5 Å². The molecule has 0 radical (unpaired) electrons. The Bertz CT molecular complexity index is 337. The van der Waals surface area contributed by atoms with E-state index >= 15 is 0 Å². The number of hydrogen-bond donors (Lipinski definition) is 1. The van der Waals surface area contributed by atoms with E-state index in [9.17, 15) is 13.2 Å². The zero-order chi connectivity index (χ0) is 10.2. The lowest BCUT2D eigenvalue weighted by molar-refractivity contribution is -0.138. The topological polar surface area (TPSA) is 20.2 Å². The molecule has 1 N–H and O–H groups in total. The molecule has 0 bridgehead atoms. The highest BCUT2D eigenvalue weighted by molar-refractivity contribution is 14.1. The fraction of sp³-hybridized carbons (Fsp3) is 0.143. The highest BCUT2D eigenvalue weighted by Gasteiger charge is 2.34. The molecule has 0 fully saturated rings. The summed E-state index contributed by atoms with van der Waals surface area (Å²) in [7, 11) is 0. The molecular formula is C7H3BrF3IO. The summed E-state index contributed by atoms with van der Waals surface area (Å²) in [4.78, 5) is 0. The molecule has 0 aliphatic carbocycles. The lowest BCUT2D eigenvalue weighted by Crippen LogP contribution is -2.05. The van der Waals surface area contributed by atoms with Gasteiger partial charge in [-0.05, 0) is 34.7 Å². The van der Waals surface area contributed by atoms with Gasteiger partial charge in [0.1, 0.15) is 5.75 Å². The van der Waals surface area contributed by atoms with Crippen LogP contribution in [0.25, 0.3) is 0 Å². The first kappa shape index (κ1) is 11.1. The Morgan fingerprint density at radius 2 is 1.85 bits per heavy atom. The van der Waals surface area contributed by atoms with Crippen LogP contribution in [0.15, 0.2) is 16.6 Å². The molecule has 6 heteroatoms. The second-order valence-electron chi connectivity index (χ2n) is 2.28. The molecule has 0 spiro atoms. The Morgan fingerprint density at radius 3 is 2.31 bits per heavy atom. The number of halogens is 5. The van der Waals surface area contributed by atoms with Gasteiger partial charge in [-0.15, -0.1) is 0 Å². The van der Waals surface area contributed by atoms with Crippen molar-refractivity contribution in [3.63, 3.8) is 0 Å². The van der Waals surface area contributed by atoms with Crippen LogP contribution in [-0.4, -0.2) is 5.11 Å². The molecule has 13 heavy (non-hydrogen) atoms. The molecule has 0 unspecified atom stereocenters. The third-order valence-corrected chi connectivity index (χ3v) is 2.61. The summed E-state index contributed by atoms with van der Waals surface area (Å²) in [5.41, 5.74) is -1.02. The van der Waals surface area contributed by atoms with Crippen LogP contribution in [0, 0.1) is 3.57 Å². The summed E-state index contributed by atoms with van der Waals surface area (Å²) < 4.78 is 37.1. The van der Waals surface area contributed by atoms with Gasteiger partial charge in [-0.1, -0.05) is 15.9 Å². The molecule has 0 aliphatic rings. The zero-order valence-electron chi connectivity index (χ0n) is 5.99. The van der Waals surface area contributed by atoms with Crippen molar-refractivity contribution in [2.24, 2.45) is 0 Å². The molecule has 0 saturated heterocycles. The monoisotopic (exact) mass is 366 g/mol. The van der Waals surface area contributed by atoms with E-state index in [4.69, 9.17) is 5.11 Å². The average molecular weight is 367 g/mol. The minimum atomic E-state index is -4.52. The predicted octanol–water partition coefficient (Wildman–Crippen LogP) is 3.78. The van der Waals surface area contributed by atoms with Gasteiger partial charge in [-0.3, -0.25) is 0 Å². The van der Waals surface area contributed by atoms with Crippen molar-refractivity contribution in [1.82, 2.24) is 0 Å². The van der Waals surface area contributed by atoms with Crippen molar-refractivity contribution in [2.75, 3.05) is 0 Å². The number of hydrogen-bond acceptors (Lipinski definition) is 1. The number of alkyl halides is 3. The second kappa shape index (κ2) is 3.64. The Hall–Kier alpha value is 0.0200. The highest BCUT2D eigenvalue weighted by Crippen LogP contribution is 2.39. The van der Waals surface area contributed by atoms with Crippen LogP contribution in [0.2, 0.25) is 0 Å². The fourth-order valence-electron chi connectivity index (χ4n) is 0.782. The van der Waals surface area contributed by atoms with Crippen LogP contribution in [0.3, 0.4) is 0 Å². The molecule has 1 aromatic rings. The molecule has 72 valence electrons. The van der Waals surface area contributed by atoms with Crippen molar-refractivity contribution in [2.45, 2.75) is 6.18 Å². The van der Waals surface area contributed by atoms with Crippen molar-refractivity contribution in [3.05, 3.63) is 25.7 Å². The van der Waals surface area contributed by atoms with Gasteiger partial charge in [0.2, 0.25) is 0 Å². The van der Waals surface area contributed by atoms with Gasteiger partial charge in [-0.2, -0.15) is 13.2 Å². The van der Waals surface area contributed by atoms with E-state index in [0.29, 0.717) is 4.47 Å². The maximum atomic E-state index is 12.2. The summed E-state index contributed by atoms with van der Waals surface area (Å²) in [5, 5.41) is 9.11. The quantitative estimate of drug-likeness (QED) is 0.693. The molecule has 1 aromatic carbocycles. The number of aromatic hydroxyl groups is 1. The molecule has 0 amide bonds. The standard InChI is InChI=1S/C7H3BrF3IO/c8-3-1-4(7(9,10)11)6(13)5(12)2-3/h1-2,13H. The van der Waals surface area contributed by atoms with Crippen LogP contribution >= 0.6 is 38.5 Å². The molecule has 0 aliphatic heterocycles. The third-order valence-electron chi connectivity index (χ3n) is 1.33. The molecule has 0 atom stereocenters. The lowest BCUT2D eigenvalue weighted by Gasteiger charge is -2.10. The third kappa shape index (κ3) is 2.49. The molecule has 1 nitrogen and oxygen atoms in total. The van der Waals surface area contributed by atoms with E-state index in [1.165, 1.54) is 6.07 Å². The molecule has 0 heterocycles. The number of phenols is 1. The smallest absolute Gasteiger partial charge is 0.420 e. The lowest BCUT2D eigenvalue weighted by atomic mass is 10.2. The maximum absolute atomic E-state index is 12.2. The summed E-state index contributed by atoms with van der Waals surface area (Å²) in [6.45, 7) is 0. The summed E-state index contributed by atoms with van der Waals surface area (Å²) in [6, 6.07) is 2.25. The van der Waals surface area contributed by atoms with E-state index in [-0.39, 0.29) is 3.57 Å². The van der Waals surface area contributed by atoms with Gasteiger partial charge < -0.3 is 5.11 Å².